The normalized spacial score (nSPS) is 16.9. The molecular weight excluding hydrogens is 452 g/mol. The predicted molar refractivity (Wildman–Crippen MR) is 144 cm³/mol. The monoisotopic (exact) mass is 484 g/mol. The molecule has 3 aromatic carbocycles. The number of ether oxygens (including phenoxy) is 1. The van der Waals surface area contributed by atoms with Gasteiger partial charge in [0.05, 0.1) is 18.7 Å². The first-order valence-electron chi connectivity index (χ1n) is 12.2. The Kier molecular flexibility index (Phi) is 7.15. The summed E-state index contributed by atoms with van der Waals surface area (Å²) in [5.74, 6) is -0.896. The van der Waals surface area contributed by atoms with Crippen molar-refractivity contribution in [2.45, 2.75) is 33.7 Å². The van der Waals surface area contributed by atoms with Crippen LogP contribution in [0.1, 0.15) is 42.1 Å². The third kappa shape index (κ3) is 4.47. The quantitative estimate of drug-likeness (QED) is 0.261. The molecule has 1 fully saturated rings. The van der Waals surface area contributed by atoms with Crippen molar-refractivity contribution in [1.82, 2.24) is 0 Å². The van der Waals surface area contributed by atoms with Crippen molar-refractivity contribution in [2.75, 3.05) is 30.0 Å². The van der Waals surface area contributed by atoms with Crippen LogP contribution < -0.4 is 14.5 Å². The number of nitrogens with zero attached hydrogens (tertiary/aromatic N) is 2. The van der Waals surface area contributed by atoms with Crippen molar-refractivity contribution in [3.05, 3.63) is 94.6 Å². The number of benzene rings is 3. The summed E-state index contributed by atoms with van der Waals surface area (Å²) in [4.78, 5) is 30.5. The number of carbonyl (C=O) groups is 2. The molecule has 6 heteroatoms. The molecule has 0 radical (unpaired) electrons. The van der Waals surface area contributed by atoms with Crippen LogP contribution in [0.3, 0.4) is 0 Å². The molecule has 1 aliphatic heterocycles. The Balaban J connectivity index is 1.88. The number of methoxy groups -OCH3 is 1. The average Bonchev–Trinajstić information content (AvgIpc) is 3.15. The molecule has 0 spiro atoms. The maximum atomic E-state index is 13.4. The van der Waals surface area contributed by atoms with Crippen molar-refractivity contribution in [3.63, 3.8) is 0 Å². The maximum absolute atomic E-state index is 13.4. The minimum Gasteiger partial charge on any atom is -0.507 e. The summed E-state index contributed by atoms with van der Waals surface area (Å²) < 4.78 is 5.33. The fourth-order valence-electron chi connectivity index (χ4n) is 4.85. The van der Waals surface area contributed by atoms with E-state index < -0.39 is 17.7 Å². The van der Waals surface area contributed by atoms with Crippen LogP contribution in [-0.2, 0) is 9.59 Å². The minimum absolute atomic E-state index is 0.0722. The standard InChI is InChI=1S/C30H32N2O4/c1-6-31(7-2)23-12-14-24(15-13-23)32-27(21-10-8-9-19(3)17-21)26(29(34)30(32)35)28(33)22-11-16-25(36-5)20(4)18-22/h8-18,27,33H,6-7H2,1-5H3/b28-26-. The van der Waals surface area contributed by atoms with Crippen LogP contribution in [0.25, 0.3) is 5.76 Å². The zero-order valence-electron chi connectivity index (χ0n) is 21.4. The molecular formula is C30H32N2O4. The molecule has 1 aliphatic rings. The van der Waals surface area contributed by atoms with Crippen LogP contribution in [0.5, 0.6) is 5.75 Å². The Morgan fingerprint density at radius 1 is 0.972 bits per heavy atom. The molecule has 1 unspecified atom stereocenters. The summed E-state index contributed by atoms with van der Waals surface area (Å²) in [7, 11) is 1.58. The van der Waals surface area contributed by atoms with Gasteiger partial charge in [-0.05, 0) is 81.3 Å². The highest BCUT2D eigenvalue weighted by Crippen LogP contribution is 2.43. The van der Waals surface area contributed by atoms with Gasteiger partial charge in [-0.3, -0.25) is 14.5 Å². The lowest BCUT2D eigenvalue weighted by Crippen LogP contribution is -2.29. The predicted octanol–water partition coefficient (Wildman–Crippen LogP) is 5.78. The van der Waals surface area contributed by atoms with Gasteiger partial charge in [0, 0.05) is 30.0 Å². The van der Waals surface area contributed by atoms with Crippen molar-refractivity contribution in [3.8, 4) is 5.75 Å². The van der Waals surface area contributed by atoms with Crippen LogP contribution >= 0.6 is 0 Å². The second-order valence-corrected chi connectivity index (χ2v) is 8.96. The molecule has 6 nitrogen and oxygen atoms in total. The third-order valence-corrected chi connectivity index (χ3v) is 6.73. The van der Waals surface area contributed by atoms with Crippen LogP contribution in [-0.4, -0.2) is 37.0 Å². The molecule has 0 aromatic heterocycles. The number of aliphatic hydroxyl groups is 1. The summed E-state index contributed by atoms with van der Waals surface area (Å²) in [6, 6.07) is 19.8. The maximum Gasteiger partial charge on any atom is 0.300 e. The van der Waals surface area contributed by atoms with E-state index in [4.69, 9.17) is 4.74 Å². The first kappa shape index (κ1) is 25.0. The number of carbonyl (C=O) groups excluding carboxylic acids is 2. The highest BCUT2D eigenvalue weighted by molar-refractivity contribution is 6.51. The highest BCUT2D eigenvalue weighted by Gasteiger charge is 2.47. The van der Waals surface area contributed by atoms with E-state index in [1.54, 1.807) is 25.3 Å². The molecule has 1 saturated heterocycles. The van der Waals surface area contributed by atoms with E-state index in [2.05, 4.69) is 18.7 Å². The largest absolute Gasteiger partial charge is 0.507 e. The SMILES string of the molecule is CCN(CC)c1ccc(N2C(=O)C(=O)/C(=C(\O)c3ccc(OC)c(C)c3)C2c2cccc(C)c2)cc1. The van der Waals surface area contributed by atoms with E-state index in [-0.39, 0.29) is 11.3 Å². The van der Waals surface area contributed by atoms with E-state index in [1.165, 1.54) is 4.90 Å². The molecule has 1 heterocycles. The fraction of sp³-hybridized carbons (Fsp3) is 0.267. The van der Waals surface area contributed by atoms with Crippen molar-refractivity contribution in [1.29, 1.82) is 0 Å². The summed E-state index contributed by atoms with van der Waals surface area (Å²) in [5, 5.41) is 11.4. The molecule has 186 valence electrons. The summed E-state index contributed by atoms with van der Waals surface area (Å²) >= 11 is 0. The number of anilines is 2. The smallest absolute Gasteiger partial charge is 0.300 e. The van der Waals surface area contributed by atoms with E-state index >= 15 is 0 Å². The molecule has 0 saturated carbocycles. The molecule has 1 amide bonds. The van der Waals surface area contributed by atoms with Gasteiger partial charge in [-0.15, -0.1) is 0 Å². The minimum atomic E-state index is -0.758. The first-order valence-corrected chi connectivity index (χ1v) is 12.2. The van der Waals surface area contributed by atoms with Gasteiger partial charge in [0.15, 0.2) is 0 Å². The van der Waals surface area contributed by atoms with Gasteiger partial charge in [-0.1, -0.05) is 29.8 Å². The van der Waals surface area contributed by atoms with Gasteiger partial charge >= 0.3 is 0 Å². The van der Waals surface area contributed by atoms with Crippen molar-refractivity contribution < 1.29 is 19.4 Å². The number of ketones is 1. The Morgan fingerprint density at radius 2 is 1.67 bits per heavy atom. The zero-order chi connectivity index (χ0) is 26.0. The van der Waals surface area contributed by atoms with E-state index in [0.717, 1.165) is 35.5 Å². The van der Waals surface area contributed by atoms with Crippen LogP contribution in [0.2, 0.25) is 0 Å². The lowest BCUT2D eigenvalue weighted by atomic mass is 9.94. The molecule has 1 N–H and O–H groups in total. The number of Topliss-reactive ketones (excluding diaryl/α,β-unsaturated/α-hetero) is 1. The summed E-state index contributed by atoms with van der Waals surface area (Å²) in [5.41, 5.74) is 4.74. The molecule has 4 rings (SSSR count). The Bertz CT molecular complexity index is 1320. The zero-order valence-corrected chi connectivity index (χ0v) is 21.4. The second kappa shape index (κ2) is 10.3. The highest BCUT2D eigenvalue weighted by atomic mass is 16.5. The number of amides is 1. The Hall–Kier alpha value is -4.06. The van der Waals surface area contributed by atoms with Crippen LogP contribution in [0.4, 0.5) is 11.4 Å². The van der Waals surface area contributed by atoms with Gasteiger partial charge < -0.3 is 14.7 Å². The average molecular weight is 485 g/mol. The number of rotatable bonds is 7. The second-order valence-electron chi connectivity index (χ2n) is 8.96. The lowest BCUT2D eigenvalue weighted by molar-refractivity contribution is -0.132. The van der Waals surface area contributed by atoms with E-state index in [0.29, 0.717) is 17.0 Å². The van der Waals surface area contributed by atoms with E-state index in [1.807, 2.05) is 62.4 Å². The molecule has 1 atom stereocenters. The molecule has 0 aliphatic carbocycles. The number of aliphatic hydroxyl groups excluding tert-OH is 1. The molecule has 36 heavy (non-hydrogen) atoms. The van der Waals surface area contributed by atoms with Gasteiger partial charge in [0.1, 0.15) is 11.5 Å². The molecule has 3 aromatic rings. The number of hydrogen-bond acceptors (Lipinski definition) is 5. The number of aryl methyl sites for hydroxylation is 2. The van der Waals surface area contributed by atoms with Gasteiger partial charge in [-0.2, -0.15) is 0 Å². The van der Waals surface area contributed by atoms with Crippen LogP contribution in [0.15, 0.2) is 72.3 Å². The van der Waals surface area contributed by atoms with Crippen LogP contribution in [0, 0.1) is 13.8 Å². The Morgan fingerprint density at radius 3 is 2.25 bits per heavy atom. The lowest BCUT2D eigenvalue weighted by Gasteiger charge is -2.27. The first-order chi connectivity index (χ1) is 17.3. The van der Waals surface area contributed by atoms with Gasteiger partial charge in [-0.25, -0.2) is 0 Å². The summed E-state index contributed by atoms with van der Waals surface area (Å²) in [6.07, 6.45) is 0. The fourth-order valence-corrected chi connectivity index (χ4v) is 4.85. The topological polar surface area (TPSA) is 70.1 Å². The van der Waals surface area contributed by atoms with Crippen molar-refractivity contribution in [2.24, 2.45) is 0 Å². The van der Waals surface area contributed by atoms with Gasteiger partial charge in [0.25, 0.3) is 11.7 Å². The Labute approximate surface area is 212 Å². The molecule has 0 bridgehead atoms. The van der Waals surface area contributed by atoms with Gasteiger partial charge in [0.2, 0.25) is 0 Å². The third-order valence-electron chi connectivity index (χ3n) is 6.73. The van der Waals surface area contributed by atoms with E-state index in [9.17, 15) is 14.7 Å². The van der Waals surface area contributed by atoms with Crippen molar-refractivity contribution >= 4 is 28.8 Å². The number of hydrogen-bond donors (Lipinski definition) is 1. The summed E-state index contributed by atoms with van der Waals surface area (Å²) in [6.45, 7) is 9.74.